The Morgan fingerprint density at radius 2 is 2.03 bits per heavy atom. The predicted molar refractivity (Wildman–Crippen MR) is 127 cm³/mol. The average molecular weight is 492 g/mol. The van der Waals surface area contributed by atoms with Crippen LogP contribution in [-0.4, -0.2) is 68.3 Å². The number of carbonyl (C=O) groups excluding carboxylic acids is 1. The number of fused-ring (bicyclic) bond motifs is 1. The van der Waals surface area contributed by atoms with Crippen molar-refractivity contribution < 1.29 is 13.7 Å². The summed E-state index contributed by atoms with van der Waals surface area (Å²) in [7, 11) is 0.158. The van der Waals surface area contributed by atoms with E-state index in [9.17, 15) is 9.00 Å². The van der Waals surface area contributed by atoms with Crippen LogP contribution < -0.4 is 15.5 Å². The summed E-state index contributed by atoms with van der Waals surface area (Å²) in [6.07, 6.45) is 6.12. The van der Waals surface area contributed by atoms with Gasteiger partial charge in [0.2, 0.25) is 5.95 Å². The monoisotopic (exact) mass is 491 g/mol. The van der Waals surface area contributed by atoms with Gasteiger partial charge in [0, 0.05) is 44.2 Å². The van der Waals surface area contributed by atoms with Gasteiger partial charge in [-0.1, -0.05) is 17.7 Å². The van der Waals surface area contributed by atoms with Gasteiger partial charge in [-0.2, -0.15) is 4.98 Å². The third kappa shape index (κ3) is 5.41. The molecule has 1 atom stereocenters. The summed E-state index contributed by atoms with van der Waals surface area (Å²) in [5.74, 6) is 2.32. The van der Waals surface area contributed by atoms with E-state index in [0.717, 1.165) is 17.7 Å². The van der Waals surface area contributed by atoms with Crippen molar-refractivity contribution >= 4 is 45.8 Å². The van der Waals surface area contributed by atoms with Crippen LogP contribution in [0.5, 0.6) is 0 Å². The molecule has 176 valence electrons. The van der Waals surface area contributed by atoms with Crippen molar-refractivity contribution in [2.75, 3.05) is 42.7 Å². The summed E-state index contributed by atoms with van der Waals surface area (Å²) in [4.78, 5) is 32.3. The molecule has 0 spiro atoms. The minimum absolute atomic E-state index is 0.303. The molecule has 0 saturated carbocycles. The number of alkyl carbamates (subject to hydrolysis) is 1. The maximum absolute atomic E-state index is 12.7. The highest BCUT2D eigenvalue weighted by Crippen LogP contribution is 2.32. The Hall–Kier alpha value is -2.79. The van der Waals surface area contributed by atoms with Crippen LogP contribution in [0.4, 0.5) is 16.6 Å². The van der Waals surface area contributed by atoms with E-state index in [2.05, 4.69) is 36.3 Å². The lowest BCUT2D eigenvalue weighted by molar-refractivity contribution is 0.169. The largest absolute Gasteiger partial charge is 0.453 e. The molecular formula is C21H26ClN7O3S. The number of halogens is 1. The summed E-state index contributed by atoms with van der Waals surface area (Å²) >= 11 is 5.89. The molecule has 33 heavy (non-hydrogen) atoms. The Morgan fingerprint density at radius 1 is 1.27 bits per heavy atom. The molecule has 4 heterocycles. The molecule has 2 aliphatic heterocycles. The number of hydrogen-bond acceptors (Lipinski definition) is 9. The fraction of sp³-hybridized carbons (Fsp3) is 0.476. The first kappa shape index (κ1) is 23.4. The second-order valence-electron chi connectivity index (χ2n) is 8.45. The molecule has 10 nitrogen and oxygen atoms in total. The number of anilines is 2. The highest BCUT2D eigenvalue weighted by Gasteiger charge is 2.30. The molecule has 4 rings (SSSR count). The highest BCUT2D eigenvalue weighted by atomic mass is 35.5. The first-order valence-electron chi connectivity index (χ1n) is 10.6. The lowest BCUT2D eigenvalue weighted by Gasteiger charge is -2.30. The molecule has 0 fully saturated rings. The van der Waals surface area contributed by atoms with Crippen molar-refractivity contribution in [2.45, 2.75) is 37.1 Å². The average Bonchev–Trinajstić information content (AvgIpc) is 3.19. The van der Waals surface area contributed by atoms with Crippen LogP contribution in [-0.2, 0) is 22.0 Å². The van der Waals surface area contributed by atoms with Crippen LogP contribution in [0.2, 0.25) is 5.02 Å². The summed E-state index contributed by atoms with van der Waals surface area (Å²) in [5.41, 5.74) is 1.30. The van der Waals surface area contributed by atoms with Crippen LogP contribution in [0.15, 0.2) is 23.4 Å². The van der Waals surface area contributed by atoms with Gasteiger partial charge in [-0.3, -0.25) is 4.21 Å². The first-order chi connectivity index (χ1) is 15.8. The van der Waals surface area contributed by atoms with Crippen molar-refractivity contribution in [3.8, 4) is 0 Å². The van der Waals surface area contributed by atoms with Gasteiger partial charge < -0.3 is 20.3 Å². The van der Waals surface area contributed by atoms with E-state index in [0.29, 0.717) is 59.3 Å². The number of ether oxygens (including phenoxy) is 1. The van der Waals surface area contributed by atoms with Crippen molar-refractivity contribution in [2.24, 2.45) is 0 Å². The molecule has 2 aromatic rings. The second kappa shape index (κ2) is 9.60. The third-order valence-corrected chi connectivity index (χ3v) is 7.05. The minimum Gasteiger partial charge on any atom is -0.453 e. The smallest absolute Gasteiger partial charge is 0.406 e. The van der Waals surface area contributed by atoms with E-state index in [1.807, 2.05) is 13.8 Å². The first-order valence-corrected chi connectivity index (χ1v) is 12.3. The quantitative estimate of drug-likeness (QED) is 0.627. The number of aromatic nitrogens is 4. The molecule has 0 bridgehead atoms. The summed E-state index contributed by atoms with van der Waals surface area (Å²) in [6.45, 7) is 5.47. The molecular weight excluding hydrogens is 466 g/mol. The molecule has 2 aromatic heterocycles. The number of amides is 1. The minimum atomic E-state index is -1.16. The molecule has 1 amide bonds. The number of carbonyl (C=O) groups is 1. The van der Waals surface area contributed by atoms with Gasteiger partial charge in [0.15, 0.2) is 5.82 Å². The van der Waals surface area contributed by atoms with Gasteiger partial charge in [0.1, 0.15) is 10.7 Å². The SMILES string of the molecule is COC(=O)NCC(C)(C)Nc1nc(N2CC=C(c3ncc(Cl)cn3)CC2)nc2c1[S@](=O)CC2. The Bertz CT molecular complexity index is 1110. The van der Waals surface area contributed by atoms with Gasteiger partial charge in [-0.25, -0.2) is 19.7 Å². The van der Waals surface area contributed by atoms with Crippen LogP contribution in [0.1, 0.15) is 31.8 Å². The summed E-state index contributed by atoms with van der Waals surface area (Å²) in [6, 6.07) is 0. The Morgan fingerprint density at radius 3 is 2.70 bits per heavy atom. The van der Waals surface area contributed by atoms with E-state index in [4.69, 9.17) is 21.6 Å². The molecule has 0 aliphatic carbocycles. The highest BCUT2D eigenvalue weighted by molar-refractivity contribution is 7.85. The maximum atomic E-state index is 12.7. The van der Waals surface area contributed by atoms with Crippen LogP contribution in [0.25, 0.3) is 5.57 Å². The Labute approximate surface area is 199 Å². The number of rotatable bonds is 6. The summed E-state index contributed by atoms with van der Waals surface area (Å²) in [5, 5.41) is 6.56. The fourth-order valence-electron chi connectivity index (χ4n) is 3.67. The molecule has 0 aromatic carbocycles. The van der Waals surface area contributed by atoms with E-state index in [1.54, 1.807) is 12.4 Å². The van der Waals surface area contributed by atoms with Crippen LogP contribution in [0.3, 0.4) is 0 Å². The summed E-state index contributed by atoms with van der Waals surface area (Å²) < 4.78 is 17.3. The van der Waals surface area contributed by atoms with Crippen molar-refractivity contribution in [1.82, 2.24) is 25.3 Å². The zero-order valence-corrected chi connectivity index (χ0v) is 20.3. The number of nitrogens with zero attached hydrogens (tertiary/aromatic N) is 5. The van der Waals surface area contributed by atoms with E-state index >= 15 is 0 Å². The normalized spacial score (nSPS) is 17.9. The standard InChI is InChI=1S/C21H26ClN7O3S/c1-21(2,12-25-20(30)32-3)28-18-16-15(6-9-33(16)31)26-19(27-18)29-7-4-13(5-8-29)17-23-10-14(22)11-24-17/h4,10-11H,5-9,12H2,1-3H3,(H,25,30)(H,26,27,28)/t33-/m1/s1. The van der Waals surface area contributed by atoms with Gasteiger partial charge in [0.25, 0.3) is 0 Å². The number of methoxy groups -OCH3 is 1. The van der Waals surface area contributed by atoms with Gasteiger partial charge in [0.05, 0.1) is 34.2 Å². The molecule has 0 radical (unpaired) electrons. The number of nitrogens with one attached hydrogen (secondary N) is 2. The van der Waals surface area contributed by atoms with Crippen molar-refractivity contribution in [1.29, 1.82) is 0 Å². The second-order valence-corrected chi connectivity index (χ2v) is 10.4. The lowest BCUT2D eigenvalue weighted by Crippen LogP contribution is -2.44. The molecule has 0 saturated heterocycles. The van der Waals surface area contributed by atoms with E-state index in [-0.39, 0.29) is 0 Å². The molecule has 0 unspecified atom stereocenters. The fourth-order valence-corrected chi connectivity index (χ4v) is 5.08. The van der Waals surface area contributed by atoms with E-state index in [1.165, 1.54) is 7.11 Å². The maximum Gasteiger partial charge on any atom is 0.406 e. The molecule has 12 heteroatoms. The number of aryl methyl sites for hydroxylation is 1. The topological polar surface area (TPSA) is 122 Å². The van der Waals surface area contributed by atoms with Gasteiger partial charge in [-0.15, -0.1) is 0 Å². The van der Waals surface area contributed by atoms with Crippen LogP contribution >= 0.6 is 11.6 Å². The zero-order chi connectivity index (χ0) is 23.6. The Kier molecular flexibility index (Phi) is 6.80. The lowest BCUT2D eigenvalue weighted by atomic mass is 10.1. The van der Waals surface area contributed by atoms with Crippen molar-refractivity contribution in [3.63, 3.8) is 0 Å². The van der Waals surface area contributed by atoms with Crippen LogP contribution in [0, 0.1) is 0 Å². The third-order valence-electron chi connectivity index (χ3n) is 5.39. The Balaban J connectivity index is 1.56. The van der Waals surface area contributed by atoms with Gasteiger partial charge >= 0.3 is 6.09 Å². The number of hydrogen-bond donors (Lipinski definition) is 2. The molecule has 2 N–H and O–H groups in total. The molecule has 2 aliphatic rings. The van der Waals surface area contributed by atoms with Gasteiger partial charge in [-0.05, 0) is 25.8 Å². The van der Waals surface area contributed by atoms with E-state index < -0.39 is 22.4 Å². The van der Waals surface area contributed by atoms with Crippen molar-refractivity contribution in [3.05, 3.63) is 35.0 Å². The zero-order valence-electron chi connectivity index (χ0n) is 18.7. The predicted octanol–water partition coefficient (Wildman–Crippen LogP) is 2.42.